The predicted octanol–water partition coefficient (Wildman–Crippen LogP) is 2.43. The lowest BCUT2D eigenvalue weighted by atomic mass is 10.2. The van der Waals surface area contributed by atoms with Crippen molar-refractivity contribution in [3.8, 4) is 0 Å². The zero-order valence-corrected chi connectivity index (χ0v) is 12.6. The van der Waals surface area contributed by atoms with Crippen LogP contribution in [0.4, 0.5) is 5.69 Å². The van der Waals surface area contributed by atoms with Crippen LogP contribution >= 0.6 is 0 Å². The Morgan fingerprint density at radius 1 is 1.05 bits per heavy atom. The third-order valence-corrected chi connectivity index (χ3v) is 4.57. The summed E-state index contributed by atoms with van der Waals surface area (Å²) in [5, 5.41) is 3.56. The van der Waals surface area contributed by atoms with Gasteiger partial charge in [0.2, 0.25) is 0 Å². The molecule has 1 N–H and O–H groups in total. The Morgan fingerprint density at radius 3 is 2.45 bits per heavy atom. The molecule has 1 aliphatic heterocycles. The van der Waals surface area contributed by atoms with Crippen molar-refractivity contribution in [3.63, 3.8) is 0 Å². The van der Waals surface area contributed by atoms with Crippen molar-refractivity contribution in [3.05, 3.63) is 29.8 Å². The maximum atomic E-state index is 3.56. The van der Waals surface area contributed by atoms with Crippen LogP contribution in [0.2, 0.25) is 0 Å². The molecule has 0 amide bonds. The van der Waals surface area contributed by atoms with E-state index in [2.05, 4.69) is 46.3 Å². The maximum absolute atomic E-state index is 3.56. The monoisotopic (exact) mass is 273 g/mol. The van der Waals surface area contributed by atoms with Gasteiger partial charge in [-0.2, -0.15) is 0 Å². The van der Waals surface area contributed by atoms with Gasteiger partial charge in [0.05, 0.1) is 0 Å². The van der Waals surface area contributed by atoms with E-state index in [1.807, 2.05) is 0 Å². The fraction of sp³-hybridized carbons (Fsp3) is 0.647. The highest BCUT2D eigenvalue weighted by atomic mass is 15.3. The van der Waals surface area contributed by atoms with Gasteiger partial charge in [-0.1, -0.05) is 18.2 Å². The number of rotatable bonds is 6. The Morgan fingerprint density at radius 2 is 1.75 bits per heavy atom. The maximum Gasteiger partial charge on any atom is 0.0370 e. The fourth-order valence-electron chi connectivity index (χ4n) is 2.98. The number of nitrogens with one attached hydrogen (secondary N) is 1. The Bertz CT molecular complexity index is 420. The van der Waals surface area contributed by atoms with Gasteiger partial charge in [0.1, 0.15) is 0 Å². The molecule has 0 unspecified atom stereocenters. The first-order valence-electron chi connectivity index (χ1n) is 8.05. The summed E-state index contributed by atoms with van der Waals surface area (Å²) in [4.78, 5) is 5.25. The molecule has 0 spiro atoms. The van der Waals surface area contributed by atoms with Crippen molar-refractivity contribution in [2.45, 2.75) is 19.8 Å². The highest BCUT2D eigenvalue weighted by Gasteiger charge is 2.26. The van der Waals surface area contributed by atoms with Crippen molar-refractivity contribution < 1.29 is 0 Å². The zero-order chi connectivity index (χ0) is 13.8. The Balaban J connectivity index is 1.34. The van der Waals surface area contributed by atoms with E-state index in [9.17, 15) is 0 Å². The van der Waals surface area contributed by atoms with Gasteiger partial charge in [-0.05, 0) is 37.3 Å². The number of piperazine rings is 1. The van der Waals surface area contributed by atoms with Crippen LogP contribution in [0.25, 0.3) is 0 Å². The Kier molecular flexibility index (Phi) is 4.58. The van der Waals surface area contributed by atoms with Crippen molar-refractivity contribution in [1.29, 1.82) is 0 Å². The molecule has 0 atom stereocenters. The van der Waals surface area contributed by atoms with E-state index in [0.29, 0.717) is 0 Å². The number of benzene rings is 1. The van der Waals surface area contributed by atoms with E-state index in [0.717, 1.165) is 19.0 Å². The minimum atomic E-state index is 1.03. The van der Waals surface area contributed by atoms with Crippen LogP contribution in [0.3, 0.4) is 0 Å². The molecule has 1 saturated carbocycles. The number of aryl methyl sites for hydroxylation is 1. The Labute approximate surface area is 123 Å². The molecule has 1 heterocycles. The number of nitrogens with zero attached hydrogens (tertiary/aromatic N) is 2. The summed E-state index contributed by atoms with van der Waals surface area (Å²) >= 11 is 0. The summed E-state index contributed by atoms with van der Waals surface area (Å²) in [6.45, 7) is 10.7. The lowest BCUT2D eigenvalue weighted by molar-refractivity contribution is 0.132. The van der Waals surface area contributed by atoms with E-state index < -0.39 is 0 Å². The second kappa shape index (κ2) is 6.59. The average molecular weight is 273 g/mol. The van der Waals surface area contributed by atoms with Crippen LogP contribution in [-0.4, -0.2) is 55.6 Å². The standard InChI is InChI=1S/C17H27N3/c1-15-4-2-3-5-17(15)18-8-9-19-10-12-20(13-11-19)14-16-6-7-16/h2-5,16,18H,6-14H2,1H3. The van der Waals surface area contributed by atoms with Gasteiger partial charge in [-0.15, -0.1) is 0 Å². The summed E-state index contributed by atoms with van der Waals surface area (Å²) in [5.74, 6) is 1.03. The molecule has 0 radical (unpaired) electrons. The quantitative estimate of drug-likeness (QED) is 0.859. The summed E-state index contributed by atoms with van der Waals surface area (Å²) < 4.78 is 0. The molecule has 2 aliphatic rings. The molecule has 0 aromatic heterocycles. The van der Waals surface area contributed by atoms with Gasteiger partial charge in [0.25, 0.3) is 0 Å². The highest BCUT2D eigenvalue weighted by molar-refractivity contribution is 5.50. The largest absolute Gasteiger partial charge is 0.384 e. The number of anilines is 1. The summed E-state index contributed by atoms with van der Waals surface area (Å²) in [7, 11) is 0. The number of hydrogen-bond acceptors (Lipinski definition) is 3. The van der Waals surface area contributed by atoms with E-state index in [-0.39, 0.29) is 0 Å². The van der Waals surface area contributed by atoms with Gasteiger partial charge in [0, 0.05) is 51.5 Å². The molecule has 3 rings (SSSR count). The first kappa shape index (κ1) is 13.9. The summed E-state index contributed by atoms with van der Waals surface area (Å²) in [6.07, 6.45) is 2.95. The molecule has 2 fully saturated rings. The third kappa shape index (κ3) is 3.97. The number of hydrogen-bond donors (Lipinski definition) is 1. The topological polar surface area (TPSA) is 18.5 Å². The molecular formula is C17H27N3. The molecule has 3 nitrogen and oxygen atoms in total. The SMILES string of the molecule is Cc1ccccc1NCCN1CCN(CC2CC2)CC1. The van der Waals surface area contributed by atoms with E-state index in [1.165, 1.54) is 56.8 Å². The molecule has 20 heavy (non-hydrogen) atoms. The zero-order valence-electron chi connectivity index (χ0n) is 12.6. The van der Waals surface area contributed by atoms with E-state index in [4.69, 9.17) is 0 Å². The summed E-state index contributed by atoms with van der Waals surface area (Å²) in [6, 6.07) is 8.54. The molecule has 1 saturated heterocycles. The van der Waals surface area contributed by atoms with Crippen molar-refractivity contribution in [2.75, 3.05) is 51.1 Å². The van der Waals surface area contributed by atoms with Gasteiger partial charge in [-0.25, -0.2) is 0 Å². The molecular weight excluding hydrogens is 246 g/mol. The average Bonchev–Trinajstić information content (AvgIpc) is 3.27. The number of para-hydroxylation sites is 1. The van der Waals surface area contributed by atoms with Crippen LogP contribution in [0, 0.1) is 12.8 Å². The van der Waals surface area contributed by atoms with E-state index >= 15 is 0 Å². The lowest BCUT2D eigenvalue weighted by Crippen LogP contribution is -2.48. The normalized spacial score (nSPS) is 21.1. The van der Waals surface area contributed by atoms with Gasteiger partial charge in [0.15, 0.2) is 0 Å². The molecule has 1 aromatic carbocycles. The molecule has 1 aliphatic carbocycles. The van der Waals surface area contributed by atoms with Crippen molar-refractivity contribution in [2.24, 2.45) is 5.92 Å². The second-order valence-electron chi connectivity index (χ2n) is 6.33. The summed E-state index contributed by atoms with van der Waals surface area (Å²) in [5.41, 5.74) is 2.61. The van der Waals surface area contributed by atoms with Crippen LogP contribution in [-0.2, 0) is 0 Å². The van der Waals surface area contributed by atoms with Crippen molar-refractivity contribution >= 4 is 5.69 Å². The van der Waals surface area contributed by atoms with Gasteiger partial charge >= 0.3 is 0 Å². The minimum absolute atomic E-state index is 1.03. The minimum Gasteiger partial charge on any atom is -0.384 e. The van der Waals surface area contributed by atoms with E-state index in [1.54, 1.807) is 0 Å². The first-order chi connectivity index (χ1) is 9.81. The molecule has 1 aromatic rings. The molecule has 110 valence electrons. The highest BCUT2D eigenvalue weighted by Crippen LogP contribution is 2.29. The lowest BCUT2D eigenvalue weighted by Gasteiger charge is -2.34. The van der Waals surface area contributed by atoms with Crippen LogP contribution in [0.1, 0.15) is 18.4 Å². The predicted molar refractivity (Wildman–Crippen MR) is 85.3 cm³/mol. The van der Waals surface area contributed by atoms with Gasteiger partial charge < -0.3 is 10.2 Å². The van der Waals surface area contributed by atoms with Crippen LogP contribution in [0.5, 0.6) is 0 Å². The van der Waals surface area contributed by atoms with Crippen LogP contribution < -0.4 is 5.32 Å². The Hall–Kier alpha value is -1.06. The van der Waals surface area contributed by atoms with Crippen molar-refractivity contribution in [1.82, 2.24) is 9.80 Å². The first-order valence-corrected chi connectivity index (χ1v) is 8.05. The van der Waals surface area contributed by atoms with Crippen LogP contribution in [0.15, 0.2) is 24.3 Å². The molecule has 3 heteroatoms. The fourth-order valence-corrected chi connectivity index (χ4v) is 2.98. The van der Waals surface area contributed by atoms with Gasteiger partial charge in [-0.3, -0.25) is 4.90 Å². The molecule has 0 bridgehead atoms. The third-order valence-electron chi connectivity index (χ3n) is 4.57. The second-order valence-corrected chi connectivity index (χ2v) is 6.33. The smallest absolute Gasteiger partial charge is 0.0370 e.